The Labute approximate surface area is 150 Å². The molecule has 0 saturated carbocycles. The van der Waals surface area contributed by atoms with Gasteiger partial charge in [-0.3, -0.25) is 19.0 Å². The topological polar surface area (TPSA) is 85.1 Å². The third-order valence-electron chi connectivity index (χ3n) is 4.72. The first-order valence-electron chi connectivity index (χ1n) is 8.48. The molecule has 2 amide bonds. The lowest BCUT2D eigenvalue weighted by atomic mass is 10.1. The number of amides is 2. The third-order valence-corrected chi connectivity index (χ3v) is 4.72. The fourth-order valence-electron chi connectivity index (χ4n) is 3.25. The van der Waals surface area contributed by atoms with Gasteiger partial charge < -0.3 is 10.2 Å². The molecule has 0 saturated heterocycles. The quantitative estimate of drug-likeness (QED) is 0.765. The molecule has 3 aromatic rings. The van der Waals surface area contributed by atoms with E-state index in [2.05, 4.69) is 21.6 Å². The molecule has 1 aromatic carbocycles. The Hall–Kier alpha value is -3.16. The van der Waals surface area contributed by atoms with Crippen LogP contribution in [0.1, 0.15) is 32.2 Å². The van der Waals surface area contributed by atoms with Gasteiger partial charge in [0.05, 0.1) is 24.3 Å². The molecule has 1 N–H and O–H groups in total. The number of nitrogens with zero attached hydrogens (tertiary/aromatic N) is 5. The average Bonchev–Trinajstić information content (AvgIpc) is 3.18. The molecule has 4 rings (SSSR count). The molecule has 2 aromatic heterocycles. The van der Waals surface area contributed by atoms with E-state index in [1.807, 2.05) is 26.1 Å². The molecule has 1 aliphatic rings. The van der Waals surface area contributed by atoms with Gasteiger partial charge in [-0.1, -0.05) is 11.6 Å². The van der Waals surface area contributed by atoms with E-state index >= 15 is 0 Å². The number of carbonyl (C=O) groups excluding carboxylic acids is 2. The first-order valence-corrected chi connectivity index (χ1v) is 8.48. The van der Waals surface area contributed by atoms with Gasteiger partial charge in [0, 0.05) is 32.1 Å². The number of nitrogens with one attached hydrogen (secondary N) is 1. The van der Waals surface area contributed by atoms with Gasteiger partial charge in [0.15, 0.2) is 5.69 Å². The molecule has 1 aliphatic heterocycles. The molecule has 8 heteroatoms. The molecule has 134 valence electrons. The zero-order valence-electron chi connectivity index (χ0n) is 15.0. The smallest absolute Gasteiger partial charge is 0.272 e. The van der Waals surface area contributed by atoms with Gasteiger partial charge in [0.1, 0.15) is 5.69 Å². The van der Waals surface area contributed by atoms with Crippen LogP contribution in [-0.2, 0) is 20.1 Å². The number of likely N-dealkylation sites (N-methyl/N-ethyl adjacent to an activating group) is 1. The summed E-state index contributed by atoms with van der Waals surface area (Å²) in [6.07, 6.45) is 0. The zero-order chi connectivity index (χ0) is 18.4. The van der Waals surface area contributed by atoms with Crippen molar-refractivity contribution in [1.82, 2.24) is 29.8 Å². The maximum atomic E-state index is 12.5. The van der Waals surface area contributed by atoms with Crippen molar-refractivity contribution < 1.29 is 9.59 Å². The Balaban J connectivity index is 1.54. The molecule has 0 unspecified atom stereocenters. The second kappa shape index (κ2) is 5.98. The lowest BCUT2D eigenvalue weighted by Crippen LogP contribution is -2.37. The van der Waals surface area contributed by atoms with E-state index in [-0.39, 0.29) is 17.5 Å². The Morgan fingerprint density at radius 1 is 1.19 bits per heavy atom. The van der Waals surface area contributed by atoms with Crippen LogP contribution in [0.3, 0.4) is 0 Å². The third kappa shape index (κ3) is 2.63. The van der Waals surface area contributed by atoms with Gasteiger partial charge in [-0.05, 0) is 19.1 Å². The van der Waals surface area contributed by atoms with Crippen molar-refractivity contribution in [1.29, 1.82) is 0 Å². The summed E-state index contributed by atoms with van der Waals surface area (Å²) in [5.41, 5.74) is 3.66. The van der Waals surface area contributed by atoms with Crippen molar-refractivity contribution in [2.75, 3.05) is 13.6 Å². The maximum Gasteiger partial charge on any atom is 0.272 e. The summed E-state index contributed by atoms with van der Waals surface area (Å²) >= 11 is 0. The Morgan fingerprint density at radius 2 is 2.00 bits per heavy atom. The van der Waals surface area contributed by atoms with Crippen molar-refractivity contribution in [2.24, 2.45) is 7.05 Å². The largest absolute Gasteiger partial charge is 0.345 e. The number of fused-ring (bicyclic) bond motifs is 2. The number of rotatable bonds is 3. The van der Waals surface area contributed by atoms with Crippen molar-refractivity contribution in [3.8, 4) is 0 Å². The van der Waals surface area contributed by atoms with Gasteiger partial charge >= 0.3 is 0 Å². The van der Waals surface area contributed by atoms with E-state index in [0.717, 1.165) is 22.2 Å². The summed E-state index contributed by atoms with van der Waals surface area (Å²) in [6, 6.07) is 7.67. The molecule has 0 spiro atoms. The van der Waals surface area contributed by atoms with Gasteiger partial charge in [0.2, 0.25) is 0 Å². The standard InChI is InChI=1S/C18H20N6O2/c1-11-4-5-15-12(8-11)14(20-23(15)3)10-19-17(25)13-9-16-18(26)22(2)6-7-24(16)21-13/h4-5,8-9H,6-7,10H2,1-3H3,(H,19,25). The number of hydrogen-bond acceptors (Lipinski definition) is 4. The summed E-state index contributed by atoms with van der Waals surface area (Å²) in [7, 11) is 3.63. The second-order valence-electron chi connectivity index (χ2n) is 6.64. The van der Waals surface area contributed by atoms with E-state index in [1.165, 1.54) is 0 Å². The number of aryl methyl sites for hydroxylation is 2. The minimum Gasteiger partial charge on any atom is -0.345 e. The molecular weight excluding hydrogens is 332 g/mol. The molecule has 0 aliphatic carbocycles. The average molecular weight is 352 g/mol. The normalized spacial score (nSPS) is 14.0. The van der Waals surface area contributed by atoms with Crippen LogP contribution < -0.4 is 5.32 Å². The van der Waals surface area contributed by atoms with Crippen LogP contribution in [0.2, 0.25) is 0 Å². The van der Waals surface area contributed by atoms with E-state index in [0.29, 0.717) is 25.3 Å². The predicted octanol–water partition coefficient (Wildman–Crippen LogP) is 1.09. The van der Waals surface area contributed by atoms with Gasteiger partial charge in [-0.2, -0.15) is 10.2 Å². The molecule has 0 bridgehead atoms. The van der Waals surface area contributed by atoms with Crippen LogP contribution in [0, 0.1) is 6.92 Å². The summed E-state index contributed by atoms with van der Waals surface area (Å²) in [6.45, 7) is 3.51. The highest BCUT2D eigenvalue weighted by molar-refractivity contribution is 5.98. The number of benzene rings is 1. The Kier molecular flexibility index (Phi) is 3.75. The molecule has 8 nitrogen and oxygen atoms in total. The van der Waals surface area contributed by atoms with Crippen molar-refractivity contribution in [3.05, 3.63) is 46.9 Å². The Morgan fingerprint density at radius 3 is 2.81 bits per heavy atom. The minimum atomic E-state index is -0.311. The molecule has 3 heterocycles. The van der Waals surface area contributed by atoms with Crippen molar-refractivity contribution >= 4 is 22.7 Å². The lowest BCUT2D eigenvalue weighted by Gasteiger charge is -2.22. The summed E-state index contributed by atoms with van der Waals surface area (Å²) < 4.78 is 3.40. The van der Waals surface area contributed by atoms with E-state index in [4.69, 9.17) is 0 Å². The second-order valence-corrected chi connectivity index (χ2v) is 6.64. The summed E-state index contributed by atoms with van der Waals surface area (Å²) in [4.78, 5) is 26.2. The predicted molar refractivity (Wildman–Crippen MR) is 95.8 cm³/mol. The van der Waals surface area contributed by atoms with Crippen LogP contribution in [0.4, 0.5) is 0 Å². The van der Waals surface area contributed by atoms with Crippen LogP contribution in [-0.4, -0.2) is 49.9 Å². The molecule has 0 radical (unpaired) electrons. The van der Waals surface area contributed by atoms with Gasteiger partial charge in [0.25, 0.3) is 11.8 Å². The highest BCUT2D eigenvalue weighted by atomic mass is 16.2. The summed E-state index contributed by atoms with van der Waals surface area (Å²) in [5, 5.41) is 12.6. The van der Waals surface area contributed by atoms with Gasteiger partial charge in [-0.15, -0.1) is 0 Å². The van der Waals surface area contributed by atoms with E-state index in [1.54, 1.807) is 27.4 Å². The van der Waals surface area contributed by atoms with E-state index < -0.39 is 0 Å². The summed E-state index contributed by atoms with van der Waals surface area (Å²) in [5.74, 6) is -0.428. The Bertz CT molecular complexity index is 1030. The first kappa shape index (κ1) is 16.3. The highest BCUT2D eigenvalue weighted by Gasteiger charge is 2.25. The lowest BCUT2D eigenvalue weighted by molar-refractivity contribution is 0.0742. The maximum absolute atomic E-state index is 12.5. The zero-order valence-corrected chi connectivity index (χ0v) is 15.0. The molecule has 0 atom stereocenters. The fraction of sp³-hybridized carbons (Fsp3) is 0.333. The van der Waals surface area contributed by atoms with Crippen LogP contribution >= 0.6 is 0 Å². The van der Waals surface area contributed by atoms with Crippen molar-refractivity contribution in [3.63, 3.8) is 0 Å². The minimum absolute atomic E-state index is 0.117. The van der Waals surface area contributed by atoms with E-state index in [9.17, 15) is 9.59 Å². The fourth-order valence-corrected chi connectivity index (χ4v) is 3.25. The number of aromatic nitrogens is 4. The molecule has 26 heavy (non-hydrogen) atoms. The van der Waals surface area contributed by atoms with Crippen LogP contribution in [0.5, 0.6) is 0 Å². The molecule has 0 fully saturated rings. The monoisotopic (exact) mass is 352 g/mol. The van der Waals surface area contributed by atoms with Crippen LogP contribution in [0.25, 0.3) is 10.9 Å². The van der Waals surface area contributed by atoms with Crippen molar-refractivity contribution in [2.45, 2.75) is 20.0 Å². The van der Waals surface area contributed by atoms with Gasteiger partial charge in [-0.25, -0.2) is 0 Å². The SMILES string of the molecule is Cc1ccc2c(c1)c(CNC(=O)c1cc3n(n1)CCN(C)C3=O)nn2C. The first-order chi connectivity index (χ1) is 12.4. The molecular formula is C18H20N6O2. The highest BCUT2D eigenvalue weighted by Crippen LogP contribution is 2.19. The van der Waals surface area contributed by atoms with Crippen LogP contribution in [0.15, 0.2) is 24.3 Å². The number of hydrogen-bond donors (Lipinski definition) is 1. The number of carbonyl (C=O) groups is 2.